The van der Waals surface area contributed by atoms with E-state index in [1.54, 1.807) is 35.1 Å². The van der Waals surface area contributed by atoms with Crippen molar-refractivity contribution in [3.63, 3.8) is 0 Å². The SMILES string of the molecule is CC1=C(C(=O)Nc2ccccn2)C(c2ccc(C)o2)n2nc(-c3ccc(Cl)cc3)nc2N1. The minimum atomic E-state index is -0.600. The van der Waals surface area contributed by atoms with Crippen LogP contribution in [-0.4, -0.2) is 25.7 Å². The van der Waals surface area contributed by atoms with Gasteiger partial charge < -0.3 is 15.1 Å². The van der Waals surface area contributed by atoms with Crippen LogP contribution in [0, 0.1) is 6.92 Å². The number of amides is 1. The van der Waals surface area contributed by atoms with E-state index in [1.807, 2.05) is 44.2 Å². The maximum absolute atomic E-state index is 13.3. The number of hydrogen-bond donors (Lipinski definition) is 2. The average molecular weight is 447 g/mol. The molecule has 1 aliphatic rings. The van der Waals surface area contributed by atoms with Crippen LogP contribution in [0.1, 0.15) is 24.5 Å². The molecule has 0 spiro atoms. The van der Waals surface area contributed by atoms with Crippen molar-refractivity contribution in [3.05, 3.63) is 88.6 Å². The van der Waals surface area contributed by atoms with Gasteiger partial charge in [-0.15, -0.1) is 5.10 Å². The highest BCUT2D eigenvalue weighted by Gasteiger charge is 2.36. The number of aromatic nitrogens is 4. The summed E-state index contributed by atoms with van der Waals surface area (Å²) in [4.78, 5) is 22.2. The fourth-order valence-corrected chi connectivity index (χ4v) is 3.78. The summed E-state index contributed by atoms with van der Waals surface area (Å²) >= 11 is 6.02. The molecule has 1 aromatic carbocycles. The first-order valence-corrected chi connectivity index (χ1v) is 10.4. The molecular weight excluding hydrogens is 428 g/mol. The molecule has 0 saturated carbocycles. The van der Waals surface area contributed by atoms with E-state index in [4.69, 9.17) is 21.1 Å². The van der Waals surface area contributed by atoms with Gasteiger partial charge in [0.05, 0.1) is 5.57 Å². The Morgan fingerprint density at radius 3 is 2.62 bits per heavy atom. The quantitative estimate of drug-likeness (QED) is 0.466. The van der Waals surface area contributed by atoms with Crippen molar-refractivity contribution >= 4 is 29.3 Å². The molecule has 1 aliphatic heterocycles. The number of allylic oxidation sites excluding steroid dienone is 1. The van der Waals surface area contributed by atoms with Gasteiger partial charge in [0.15, 0.2) is 5.82 Å². The maximum atomic E-state index is 13.3. The van der Waals surface area contributed by atoms with E-state index in [2.05, 4.69) is 20.6 Å². The summed E-state index contributed by atoms with van der Waals surface area (Å²) in [6.07, 6.45) is 1.62. The van der Waals surface area contributed by atoms with E-state index in [1.165, 1.54) is 0 Å². The van der Waals surface area contributed by atoms with Crippen molar-refractivity contribution in [2.75, 3.05) is 10.6 Å². The number of furan rings is 1. The van der Waals surface area contributed by atoms with Crippen molar-refractivity contribution in [1.82, 2.24) is 19.7 Å². The molecule has 0 aliphatic carbocycles. The average Bonchev–Trinajstić information content (AvgIpc) is 3.40. The van der Waals surface area contributed by atoms with E-state index in [-0.39, 0.29) is 5.91 Å². The van der Waals surface area contributed by atoms with Crippen molar-refractivity contribution in [3.8, 4) is 11.4 Å². The van der Waals surface area contributed by atoms with E-state index < -0.39 is 6.04 Å². The number of hydrogen-bond acceptors (Lipinski definition) is 6. The van der Waals surface area contributed by atoms with Crippen molar-refractivity contribution in [1.29, 1.82) is 0 Å². The zero-order valence-corrected chi connectivity index (χ0v) is 18.1. The third-order valence-corrected chi connectivity index (χ3v) is 5.39. The molecule has 0 fully saturated rings. The van der Waals surface area contributed by atoms with Gasteiger partial charge in [0.25, 0.3) is 5.91 Å². The first-order chi connectivity index (χ1) is 15.5. The molecule has 1 amide bonds. The smallest absolute Gasteiger partial charge is 0.257 e. The summed E-state index contributed by atoms with van der Waals surface area (Å²) in [5.74, 6) is 2.50. The molecule has 160 valence electrons. The summed E-state index contributed by atoms with van der Waals surface area (Å²) in [5.41, 5.74) is 1.93. The number of pyridine rings is 1. The van der Waals surface area contributed by atoms with E-state index in [0.29, 0.717) is 39.6 Å². The number of benzene rings is 1. The van der Waals surface area contributed by atoms with Gasteiger partial charge in [-0.1, -0.05) is 17.7 Å². The third kappa shape index (κ3) is 3.65. The second-order valence-corrected chi connectivity index (χ2v) is 7.83. The summed E-state index contributed by atoms with van der Waals surface area (Å²) in [6, 6.07) is 15.7. The summed E-state index contributed by atoms with van der Waals surface area (Å²) in [6.45, 7) is 3.69. The topological polar surface area (TPSA) is 97.9 Å². The van der Waals surface area contributed by atoms with Gasteiger partial charge in [0, 0.05) is 22.5 Å². The minimum Gasteiger partial charge on any atom is -0.464 e. The molecule has 2 N–H and O–H groups in total. The molecule has 0 bridgehead atoms. The number of nitrogens with zero attached hydrogens (tertiary/aromatic N) is 4. The normalized spacial score (nSPS) is 15.3. The second-order valence-electron chi connectivity index (χ2n) is 7.39. The molecule has 32 heavy (non-hydrogen) atoms. The Balaban J connectivity index is 1.59. The van der Waals surface area contributed by atoms with Crippen LogP contribution < -0.4 is 10.6 Å². The lowest BCUT2D eigenvalue weighted by Crippen LogP contribution is -2.31. The fourth-order valence-electron chi connectivity index (χ4n) is 3.65. The first-order valence-electron chi connectivity index (χ1n) is 9.98. The highest BCUT2D eigenvalue weighted by molar-refractivity contribution is 6.30. The van der Waals surface area contributed by atoms with E-state index in [0.717, 1.165) is 11.3 Å². The summed E-state index contributed by atoms with van der Waals surface area (Å²) in [7, 11) is 0. The number of aryl methyl sites for hydroxylation is 1. The summed E-state index contributed by atoms with van der Waals surface area (Å²) in [5, 5.41) is 11.4. The molecular formula is C23H19ClN6O2. The Hall–Kier alpha value is -3.91. The molecule has 5 rings (SSSR count). The Morgan fingerprint density at radius 2 is 1.94 bits per heavy atom. The molecule has 8 nitrogen and oxygen atoms in total. The number of anilines is 2. The van der Waals surface area contributed by atoms with Gasteiger partial charge >= 0.3 is 0 Å². The van der Waals surface area contributed by atoms with Crippen LogP contribution in [0.3, 0.4) is 0 Å². The molecule has 0 radical (unpaired) electrons. The zero-order chi connectivity index (χ0) is 22.2. The number of fused-ring (bicyclic) bond motifs is 1. The lowest BCUT2D eigenvalue weighted by molar-refractivity contribution is -0.113. The number of carbonyl (C=O) groups is 1. The third-order valence-electron chi connectivity index (χ3n) is 5.14. The monoisotopic (exact) mass is 446 g/mol. The molecule has 4 heterocycles. The van der Waals surface area contributed by atoms with Crippen LogP contribution in [0.15, 0.2) is 76.5 Å². The largest absolute Gasteiger partial charge is 0.464 e. The van der Waals surface area contributed by atoms with Crippen LogP contribution in [0.2, 0.25) is 5.02 Å². The van der Waals surface area contributed by atoms with Crippen LogP contribution in [0.4, 0.5) is 11.8 Å². The number of carbonyl (C=O) groups excluding carboxylic acids is 1. The lowest BCUT2D eigenvalue weighted by Gasteiger charge is -2.27. The van der Waals surface area contributed by atoms with Crippen LogP contribution in [-0.2, 0) is 4.79 Å². The Morgan fingerprint density at radius 1 is 1.12 bits per heavy atom. The Labute approximate surface area is 189 Å². The Bertz CT molecular complexity index is 1320. The maximum Gasteiger partial charge on any atom is 0.257 e. The van der Waals surface area contributed by atoms with Crippen LogP contribution >= 0.6 is 11.6 Å². The van der Waals surface area contributed by atoms with Gasteiger partial charge in [-0.2, -0.15) is 4.98 Å². The standard InChI is InChI=1S/C23H19ClN6O2/c1-13-6-11-17(32-13)20-19(22(31)27-18-5-3-4-12-25-18)14(2)26-23-28-21(29-30(20)23)15-7-9-16(24)10-8-15/h3-12,20H,1-2H3,(H,25,27,31)(H,26,28,29). The van der Waals surface area contributed by atoms with Crippen LogP contribution in [0.25, 0.3) is 11.4 Å². The first kappa shape index (κ1) is 20.0. The van der Waals surface area contributed by atoms with Gasteiger partial charge in [0.1, 0.15) is 23.4 Å². The van der Waals surface area contributed by atoms with Crippen molar-refractivity contribution in [2.24, 2.45) is 0 Å². The van der Waals surface area contributed by atoms with E-state index >= 15 is 0 Å². The lowest BCUT2D eigenvalue weighted by atomic mass is 10.00. The zero-order valence-electron chi connectivity index (χ0n) is 17.3. The number of halogens is 1. The molecule has 1 atom stereocenters. The highest BCUT2D eigenvalue weighted by atomic mass is 35.5. The second kappa shape index (κ2) is 7.97. The van der Waals surface area contributed by atoms with Gasteiger partial charge in [-0.05, 0) is 62.4 Å². The number of nitrogens with one attached hydrogen (secondary N) is 2. The highest BCUT2D eigenvalue weighted by Crippen LogP contribution is 2.37. The predicted octanol–water partition coefficient (Wildman–Crippen LogP) is 4.82. The van der Waals surface area contributed by atoms with Gasteiger partial charge in [-0.25, -0.2) is 9.67 Å². The van der Waals surface area contributed by atoms with Gasteiger partial charge in [-0.3, -0.25) is 4.79 Å². The fraction of sp³-hybridized carbons (Fsp3) is 0.130. The molecule has 1 unspecified atom stereocenters. The molecule has 4 aromatic rings. The van der Waals surface area contributed by atoms with Gasteiger partial charge in [0.2, 0.25) is 5.95 Å². The minimum absolute atomic E-state index is 0.304. The molecule has 3 aromatic heterocycles. The Kier molecular flexibility index (Phi) is 4.99. The van der Waals surface area contributed by atoms with E-state index in [9.17, 15) is 4.79 Å². The van der Waals surface area contributed by atoms with Crippen molar-refractivity contribution in [2.45, 2.75) is 19.9 Å². The molecule has 0 saturated heterocycles. The summed E-state index contributed by atoms with van der Waals surface area (Å²) < 4.78 is 7.60. The predicted molar refractivity (Wildman–Crippen MR) is 121 cm³/mol. The molecule has 9 heteroatoms. The van der Waals surface area contributed by atoms with Crippen LogP contribution in [0.5, 0.6) is 0 Å². The van der Waals surface area contributed by atoms with Crippen molar-refractivity contribution < 1.29 is 9.21 Å². The number of rotatable bonds is 4.